The van der Waals surface area contributed by atoms with Gasteiger partial charge in [0, 0.05) is 18.2 Å². The Morgan fingerprint density at radius 2 is 2.15 bits per heavy atom. The van der Waals surface area contributed by atoms with Gasteiger partial charge in [-0.1, -0.05) is 19.1 Å². The van der Waals surface area contributed by atoms with E-state index in [9.17, 15) is 4.79 Å². The standard InChI is InChI=1S/C15H19N3O2/c1-3-16-10-12-9-14(19)18-15(17-12)11-6-5-7-13(8-11)20-4-2/h5-9,16H,3-4,10H2,1-2H3,(H,17,18,19). The largest absolute Gasteiger partial charge is 0.494 e. The first-order valence-corrected chi connectivity index (χ1v) is 6.77. The van der Waals surface area contributed by atoms with Gasteiger partial charge in [-0.15, -0.1) is 0 Å². The zero-order valence-corrected chi connectivity index (χ0v) is 11.8. The smallest absolute Gasteiger partial charge is 0.251 e. The molecule has 106 valence electrons. The minimum atomic E-state index is -0.148. The van der Waals surface area contributed by atoms with E-state index in [1.807, 2.05) is 38.1 Å². The molecule has 0 fully saturated rings. The summed E-state index contributed by atoms with van der Waals surface area (Å²) in [6, 6.07) is 9.06. The Balaban J connectivity index is 2.33. The fourth-order valence-corrected chi connectivity index (χ4v) is 1.89. The van der Waals surface area contributed by atoms with E-state index in [4.69, 9.17) is 4.74 Å². The number of nitrogens with zero attached hydrogens (tertiary/aromatic N) is 1. The van der Waals surface area contributed by atoms with Crippen molar-refractivity contribution in [2.75, 3.05) is 13.2 Å². The number of aromatic nitrogens is 2. The maximum Gasteiger partial charge on any atom is 0.251 e. The summed E-state index contributed by atoms with van der Waals surface area (Å²) in [5, 5.41) is 3.16. The van der Waals surface area contributed by atoms with Crippen LogP contribution in [0.1, 0.15) is 19.5 Å². The van der Waals surface area contributed by atoms with Gasteiger partial charge in [-0.2, -0.15) is 0 Å². The third-order valence-electron chi connectivity index (χ3n) is 2.77. The predicted molar refractivity (Wildman–Crippen MR) is 78.8 cm³/mol. The van der Waals surface area contributed by atoms with E-state index in [1.54, 1.807) is 0 Å². The van der Waals surface area contributed by atoms with Crippen LogP contribution in [0.2, 0.25) is 0 Å². The van der Waals surface area contributed by atoms with Gasteiger partial charge in [0.1, 0.15) is 11.6 Å². The molecular formula is C15H19N3O2. The van der Waals surface area contributed by atoms with Gasteiger partial charge in [0.15, 0.2) is 0 Å². The average molecular weight is 273 g/mol. The number of aromatic amines is 1. The molecule has 0 bridgehead atoms. The van der Waals surface area contributed by atoms with Crippen molar-refractivity contribution < 1.29 is 4.74 Å². The quantitative estimate of drug-likeness (QED) is 0.844. The van der Waals surface area contributed by atoms with Crippen LogP contribution in [0.4, 0.5) is 0 Å². The van der Waals surface area contributed by atoms with Crippen LogP contribution in [0.25, 0.3) is 11.4 Å². The van der Waals surface area contributed by atoms with Crippen molar-refractivity contribution in [2.24, 2.45) is 0 Å². The zero-order valence-electron chi connectivity index (χ0n) is 11.8. The normalized spacial score (nSPS) is 10.5. The van der Waals surface area contributed by atoms with Gasteiger partial charge in [-0.25, -0.2) is 4.98 Å². The van der Waals surface area contributed by atoms with E-state index in [-0.39, 0.29) is 5.56 Å². The lowest BCUT2D eigenvalue weighted by Gasteiger charge is -2.07. The molecule has 0 unspecified atom stereocenters. The second kappa shape index (κ2) is 6.86. The van der Waals surface area contributed by atoms with Crippen LogP contribution in [0.15, 0.2) is 35.1 Å². The minimum Gasteiger partial charge on any atom is -0.494 e. The molecule has 0 aliphatic heterocycles. The number of nitrogens with one attached hydrogen (secondary N) is 2. The van der Waals surface area contributed by atoms with Gasteiger partial charge >= 0.3 is 0 Å². The van der Waals surface area contributed by atoms with E-state index in [0.29, 0.717) is 19.0 Å². The van der Waals surface area contributed by atoms with Crippen molar-refractivity contribution in [3.63, 3.8) is 0 Å². The first kappa shape index (κ1) is 14.3. The van der Waals surface area contributed by atoms with Crippen molar-refractivity contribution in [1.82, 2.24) is 15.3 Å². The van der Waals surface area contributed by atoms with E-state index in [2.05, 4.69) is 15.3 Å². The molecule has 0 aliphatic rings. The average Bonchev–Trinajstić information content (AvgIpc) is 2.45. The molecule has 0 saturated carbocycles. The molecule has 0 radical (unpaired) electrons. The highest BCUT2D eigenvalue weighted by Crippen LogP contribution is 2.20. The number of hydrogen-bond acceptors (Lipinski definition) is 4. The first-order chi connectivity index (χ1) is 9.72. The molecule has 2 rings (SSSR count). The van der Waals surface area contributed by atoms with Gasteiger partial charge in [-0.3, -0.25) is 4.79 Å². The molecule has 0 amide bonds. The Kier molecular flexibility index (Phi) is 4.90. The van der Waals surface area contributed by atoms with Gasteiger partial charge in [0.05, 0.1) is 12.3 Å². The highest BCUT2D eigenvalue weighted by atomic mass is 16.5. The summed E-state index contributed by atoms with van der Waals surface area (Å²) in [6.45, 7) is 5.97. The predicted octanol–water partition coefficient (Wildman–Crippen LogP) is 1.95. The Morgan fingerprint density at radius 1 is 1.30 bits per heavy atom. The van der Waals surface area contributed by atoms with Crippen molar-refractivity contribution in [2.45, 2.75) is 20.4 Å². The summed E-state index contributed by atoms with van der Waals surface area (Å²) in [7, 11) is 0. The molecule has 1 heterocycles. The van der Waals surface area contributed by atoms with Crippen LogP contribution in [-0.4, -0.2) is 23.1 Å². The molecule has 0 aliphatic carbocycles. The minimum absolute atomic E-state index is 0.148. The molecule has 1 aromatic heterocycles. The maximum absolute atomic E-state index is 11.7. The van der Waals surface area contributed by atoms with Gasteiger partial charge in [0.2, 0.25) is 0 Å². The van der Waals surface area contributed by atoms with Crippen molar-refractivity contribution in [1.29, 1.82) is 0 Å². The second-order valence-electron chi connectivity index (χ2n) is 4.33. The maximum atomic E-state index is 11.7. The fourth-order valence-electron chi connectivity index (χ4n) is 1.89. The molecule has 2 aromatic rings. The van der Waals surface area contributed by atoms with Crippen LogP contribution in [0, 0.1) is 0 Å². The van der Waals surface area contributed by atoms with Crippen molar-refractivity contribution >= 4 is 0 Å². The van der Waals surface area contributed by atoms with Crippen LogP contribution in [-0.2, 0) is 6.54 Å². The van der Waals surface area contributed by atoms with Gasteiger partial charge in [-0.05, 0) is 25.6 Å². The van der Waals surface area contributed by atoms with Crippen LogP contribution in [0.5, 0.6) is 5.75 Å². The summed E-state index contributed by atoms with van der Waals surface area (Å²) < 4.78 is 5.46. The van der Waals surface area contributed by atoms with Gasteiger partial charge in [0.25, 0.3) is 5.56 Å². The molecule has 0 atom stereocenters. The van der Waals surface area contributed by atoms with E-state index in [0.717, 1.165) is 23.6 Å². The van der Waals surface area contributed by atoms with E-state index < -0.39 is 0 Å². The Labute approximate surface area is 118 Å². The molecule has 1 aromatic carbocycles. The molecule has 0 saturated heterocycles. The lowest BCUT2D eigenvalue weighted by atomic mass is 10.2. The van der Waals surface area contributed by atoms with Crippen LogP contribution in [0.3, 0.4) is 0 Å². The summed E-state index contributed by atoms with van der Waals surface area (Å²) in [5.41, 5.74) is 1.42. The van der Waals surface area contributed by atoms with E-state index >= 15 is 0 Å². The summed E-state index contributed by atoms with van der Waals surface area (Å²) in [6.07, 6.45) is 0. The Bertz CT molecular complexity index is 623. The number of rotatable bonds is 6. The van der Waals surface area contributed by atoms with Crippen LogP contribution >= 0.6 is 0 Å². The first-order valence-electron chi connectivity index (χ1n) is 6.77. The lowest BCUT2D eigenvalue weighted by Crippen LogP contribution is -2.17. The number of hydrogen-bond donors (Lipinski definition) is 2. The molecular weight excluding hydrogens is 254 g/mol. The molecule has 5 heteroatoms. The SMILES string of the molecule is CCNCc1cc(=O)[nH]c(-c2cccc(OCC)c2)n1. The zero-order chi connectivity index (χ0) is 14.4. The molecule has 2 N–H and O–H groups in total. The third-order valence-corrected chi connectivity index (χ3v) is 2.77. The summed E-state index contributed by atoms with van der Waals surface area (Å²) >= 11 is 0. The molecule has 5 nitrogen and oxygen atoms in total. The fraction of sp³-hybridized carbons (Fsp3) is 0.333. The molecule has 0 spiro atoms. The Morgan fingerprint density at radius 3 is 2.90 bits per heavy atom. The number of benzene rings is 1. The van der Waals surface area contributed by atoms with Gasteiger partial charge < -0.3 is 15.0 Å². The second-order valence-corrected chi connectivity index (χ2v) is 4.33. The summed E-state index contributed by atoms with van der Waals surface area (Å²) in [4.78, 5) is 18.9. The summed E-state index contributed by atoms with van der Waals surface area (Å²) in [5.74, 6) is 1.33. The van der Waals surface area contributed by atoms with Crippen molar-refractivity contribution in [3.05, 3.63) is 46.4 Å². The van der Waals surface area contributed by atoms with Crippen molar-refractivity contribution in [3.8, 4) is 17.1 Å². The number of ether oxygens (including phenoxy) is 1. The molecule has 20 heavy (non-hydrogen) atoms. The van der Waals surface area contributed by atoms with Crippen LogP contribution < -0.4 is 15.6 Å². The monoisotopic (exact) mass is 273 g/mol. The number of H-pyrrole nitrogens is 1. The topological polar surface area (TPSA) is 67.0 Å². The third kappa shape index (κ3) is 3.68. The highest BCUT2D eigenvalue weighted by molar-refractivity contribution is 5.57. The Hall–Kier alpha value is -2.14. The van der Waals surface area contributed by atoms with E-state index in [1.165, 1.54) is 6.07 Å². The highest BCUT2D eigenvalue weighted by Gasteiger charge is 2.05. The lowest BCUT2D eigenvalue weighted by molar-refractivity contribution is 0.340.